The van der Waals surface area contributed by atoms with Crippen LogP contribution in [0, 0.1) is 13.8 Å². The summed E-state index contributed by atoms with van der Waals surface area (Å²) in [6.45, 7) is 3.18. The summed E-state index contributed by atoms with van der Waals surface area (Å²) in [4.78, 5) is 32.0. The summed E-state index contributed by atoms with van der Waals surface area (Å²) in [5.74, 6) is -0.461. The zero-order valence-electron chi connectivity index (χ0n) is 17.5. The second-order valence-corrected chi connectivity index (χ2v) is 7.57. The molecule has 0 unspecified atom stereocenters. The number of rotatable bonds is 6. The van der Waals surface area contributed by atoms with Gasteiger partial charge in [-0.15, -0.1) is 0 Å². The van der Waals surface area contributed by atoms with Crippen LogP contribution < -0.4 is 15.6 Å². The number of carboxylic acid groups (broad SMARTS) is 1. The third-order valence-corrected chi connectivity index (χ3v) is 5.01. The Kier molecular flexibility index (Phi) is 5.54. The van der Waals surface area contributed by atoms with Crippen LogP contribution in [0.1, 0.15) is 11.4 Å². The van der Waals surface area contributed by atoms with Crippen molar-refractivity contribution in [1.82, 2.24) is 24.3 Å². The lowest BCUT2D eigenvalue weighted by molar-refractivity contribution is -0.139. The fraction of sp³-hybridized carbons (Fsp3) is 0.190. The SMILES string of the molecule is Cc1cc(C)n(-c2ncc(Cl)c(Nc3ccc4c(c3)cc(OCC(=O)O)c(=O)n4C)n2)n1. The molecule has 164 valence electrons. The maximum atomic E-state index is 12.4. The summed E-state index contributed by atoms with van der Waals surface area (Å²) in [5.41, 5.74) is 2.61. The number of ether oxygens (including phenoxy) is 1. The number of carboxylic acids is 1. The topological polar surface area (TPSA) is 124 Å². The molecule has 0 saturated heterocycles. The fourth-order valence-electron chi connectivity index (χ4n) is 3.29. The Balaban J connectivity index is 1.71. The van der Waals surface area contributed by atoms with Crippen molar-refractivity contribution < 1.29 is 14.6 Å². The third-order valence-electron chi connectivity index (χ3n) is 4.74. The van der Waals surface area contributed by atoms with Crippen molar-refractivity contribution >= 4 is 40.0 Å². The van der Waals surface area contributed by atoms with Gasteiger partial charge < -0.3 is 19.7 Å². The van der Waals surface area contributed by atoms with Gasteiger partial charge in [-0.2, -0.15) is 10.1 Å². The highest BCUT2D eigenvalue weighted by Crippen LogP contribution is 2.27. The number of aromatic nitrogens is 5. The molecule has 0 aliphatic carbocycles. The molecule has 1 aromatic carbocycles. The predicted molar refractivity (Wildman–Crippen MR) is 119 cm³/mol. The van der Waals surface area contributed by atoms with Gasteiger partial charge in [0.15, 0.2) is 18.2 Å². The molecular weight excluding hydrogens is 436 g/mol. The van der Waals surface area contributed by atoms with E-state index in [4.69, 9.17) is 21.4 Å². The van der Waals surface area contributed by atoms with Gasteiger partial charge in [0.05, 0.1) is 17.4 Å². The molecule has 3 aromatic heterocycles. The fourth-order valence-corrected chi connectivity index (χ4v) is 3.43. The average molecular weight is 455 g/mol. The zero-order chi connectivity index (χ0) is 23.0. The number of benzene rings is 1. The number of nitrogens with one attached hydrogen (secondary N) is 1. The van der Waals surface area contributed by atoms with E-state index in [1.807, 2.05) is 19.9 Å². The van der Waals surface area contributed by atoms with E-state index in [2.05, 4.69) is 20.4 Å². The van der Waals surface area contributed by atoms with E-state index < -0.39 is 18.1 Å². The Hall–Kier alpha value is -3.92. The quantitative estimate of drug-likeness (QED) is 0.455. The highest BCUT2D eigenvalue weighted by Gasteiger charge is 2.13. The molecule has 4 rings (SSSR count). The molecule has 0 aliphatic rings. The molecule has 0 bridgehead atoms. The van der Waals surface area contributed by atoms with Gasteiger partial charge in [0, 0.05) is 23.8 Å². The summed E-state index contributed by atoms with van der Waals surface area (Å²) in [6, 6.07) is 8.75. The van der Waals surface area contributed by atoms with Crippen LogP contribution in [0.3, 0.4) is 0 Å². The number of nitrogens with zero attached hydrogens (tertiary/aromatic N) is 5. The number of fused-ring (bicyclic) bond motifs is 1. The van der Waals surface area contributed by atoms with Crippen LogP contribution in [-0.2, 0) is 11.8 Å². The van der Waals surface area contributed by atoms with Gasteiger partial charge in [0.1, 0.15) is 5.02 Å². The van der Waals surface area contributed by atoms with Gasteiger partial charge in [0.2, 0.25) is 0 Å². The lowest BCUT2D eigenvalue weighted by atomic mass is 10.2. The van der Waals surface area contributed by atoms with Gasteiger partial charge in [-0.1, -0.05) is 11.6 Å². The first kappa shape index (κ1) is 21.3. The molecule has 0 aliphatic heterocycles. The maximum absolute atomic E-state index is 12.4. The standard InChI is InChI=1S/C21H19ClN6O4/c1-11-6-12(2)28(26-11)21-23-9-15(22)19(25-21)24-14-4-5-16-13(7-14)8-17(20(31)27(16)3)32-10-18(29)30/h4-9H,10H2,1-3H3,(H,29,30)(H,23,24,25). The van der Waals surface area contributed by atoms with Crippen molar-refractivity contribution in [2.45, 2.75) is 13.8 Å². The first-order valence-corrected chi connectivity index (χ1v) is 9.92. The third kappa shape index (κ3) is 4.12. The number of carbonyl (C=O) groups is 1. The van der Waals surface area contributed by atoms with Crippen LogP contribution in [0.5, 0.6) is 5.75 Å². The van der Waals surface area contributed by atoms with Crippen LogP contribution in [0.4, 0.5) is 11.5 Å². The first-order chi connectivity index (χ1) is 15.2. The van der Waals surface area contributed by atoms with Crippen molar-refractivity contribution in [3.8, 4) is 11.7 Å². The second-order valence-electron chi connectivity index (χ2n) is 7.16. The highest BCUT2D eigenvalue weighted by molar-refractivity contribution is 6.32. The Morgan fingerprint density at radius 1 is 1.25 bits per heavy atom. The largest absolute Gasteiger partial charge is 0.479 e. The van der Waals surface area contributed by atoms with Crippen LogP contribution in [0.25, 0.3) is 16.9 Å². The summed E-state index contributed by atoms with van der Waals surface area (Å²) in [5, 5.41) is 17.4. The van der Waals surface area contributed by atoms with Gasteiger partial charge in [-0.3, -0.25) is 4.79 Å². The van der Waals surface area contributed by atoms with E-state index in [0.717, 1.165) is 11.4 Å². The molecule has 0 amide bonds. The van der Waals surface area contributed by atoms with E-state index >= 15 is 0 Å². The number of anilines is 2. The molecule has 10 nitrogen and oxygen atoms in total. The van der Waals surface area contributed by atoms with Crippen molar-refractivity contribution in [1.29, 1.82) is 0 Å². The number of pyridine rings is 1. The molecule has 0 radical (unpaired) electrons. The Bertz CT molecular complexity index is 1410. The molecule has 4 aromatic rings. The van der Waals surface area contributed by atoms with Crippen LogP contribution in [-0.4, -0.2) is 42.0 Å². The van der Waals surface area contributed by atoms with Crippen molar-refractivity contribution in [3.05, 3.63) is 63.3 Å². The normalized spacial score (nSPS) is 11.0. The average Bonchev–Trinajstić information content (AvgIpc) is 3.09. The number of hydrogen-bond acceptors (Lipinski definition) is 7. The van der Waals surface area contributed by atoms with Crippen LogP contribution >= 0.6 is 11.6 Å². The molecule has 0 fully saturated rings. The molecule has 2 N–H and O–H groups in total. The Morgan fingerprint density at radius 2 is 2.03 bits per heavy atom. The van der Waals surface area contributed by atoms with E-state index in [1.165, 1.54) is 16.8 Å². The van der Waals surface area contributed by atoms with Crippen LogP contribution in [0.15, 0.2) is 41.3 Å². The number of hydrogen-bond donors (Lipinski definition) is 2. The predicted octanol–water partition coefficient (Wildman–Crippen LogP) is 2.99. The highest BCUT2D eigenvalue weighted by atomic mass is 35.5. The van der Waals surface area contributed by atoms with Gasteiger partial charge in [-0.05, 0) is 44.2 Å². The van der Waals surface area contributed by atoms with Crippen molar-refractivity contribution in [3.63, 3.8) is 0 Å². The molecule has 0 spiro atoms. The Labute approximate surface area is 187 Å². The van der Waals surface area contributed by atoms with E-state index in [0.29, 0.717) is 33.4 Å². The summed E-state index contributed by atoms with van der Waals surface area (Å²) in [6.07, 6.45) is 1.49. The molecule has 32 heavy (non-hydrogen) atoms. The summed E-state index contributed by atoms with van der Waals surface area (Å²) >= 11 is 6.30. The molecule has 11 heteroatoms. The number of aryl methyl sites for hydroxylation is 3. The molecule has 0 saturated carbocycles. The minimum atomic E-state index is -1.17. The van der Waals surface area contributed by atoms with Crippen LogP contribution in [0.2, 0.25) is 5.02 Å². The molecular formula is C21H19ClN6O4. The van der Waals surface area contributed by atoms with Crippen molar-refractivity contribution in [2.24, 2.45) is 7.05 Å². The lowest BCUT2D eigenvalue weighted by Gasteiger charge is -2.12. The smallest absolute Gasteiger partial charge is 0.341 e. The summed E-state index contributed by atoms with van der Waals surface area (Å²) < 4.78 is 8.16. The van der Waals surface area contributed by atoms with E-state index in [9.17, 15) is 9.59 Å². The van der Waals surface area contributed by atoms with E-state index in [-0.39, 0.29) is 5.75 Å². The summed E-state index contributed by atoms with van der Waals surface area (Å²) in [7, 11) is 1.59. The van der Waals surface area contributed by atoms with Crippen molar-refractivity contribution in [2.75, 3.05) is 11.9 Å². The monoisotopic (exact) mass is 454 g/mol. The van der Waals surface area contributed by atoms with Gasteiger partial charge >= 0.3 is 5.97 Å². The molecule has 3 heterocycles. The lowest BCUT2D eigenvalue weighted by Crippen LogP contribution is -2.21. The van der Waals surface area contributed by atoms with Gasteiger partial charge in [-0.25, -0.2) is 14.5 Å². The Morgan fingerprint density at radius 3 is 2.72 bits per heavy atom. The number of halogens is 1. The zero-order valence-corrected chi connectivity index (χ0v) is 18.2. The first-order valence-electron chi connectivity index (χ1n) is 9.54. The molecule has 0 atom stereocenters. The van der Waals surface area contributed by atoms with Gasteiger partial charge in [0.25, 0.3) is 11.5 Å². The maximum Gasteiger partial charge on any atom is 0.341 e. The second kappa shape index (κ2) is 8.31. The number of aliphatic carboxylic acids is 1. The minimum absolute atomic E-state index is 0.0496. The minimum Gasteiger partial charge on any atom is -0.479 e. The van der Waals surface area contributed by atoms with E-state index in [1.54, 1.807) is 29.9 Å².